The van der Waals surface area contributed by atoms with Gasteiger partial charge in [0.2, 0.25) is 0 Å². The fraction of sp³-hybridized carbons (Fsp3) is 0.182. The molecule has 4 nitrogen and oxygen atoms in total. The predicted octanol–water partition coefficient (Wildman–Crippen LogP) is 4.29. The molecule has 0 bridgehead atoms. The zero-order valence-corrected chi connectivity index (χ0v) is 19.4. The van der Waals surface area contributed by atoms with Crippen LogP contribution in [-0.2, 0) is 28.5 Å². The molecule has 0 spiro atoms. The van der Waals surface area contributed by atoms with E-state index in [4.69, 9.17) is 6.64 Å². The number of fused-ring (bicyclic) bond motifs is 1. The van der Waals surface area contributed by atoms with Crippen LogP contribution < -0.4 is 0 Å². The molecule has 0 saturated heterocycles. The molecule has 1 aromatic carbocycles. The Hall–Kier alpha value is -2.21. The van der Waals surface area contributed by atoms with Crippen LogP contribution >= 0.6 is 0 Å². The van der Waals surface area contributed by atoms with E-state index >= 15 is 0 Å². The van der Waals surface area contributed by atoms with Crippen LogP contribution in [0.25, 0.3) is 6.08 Å². The first-order valence-electron chi connectivity index (χ1n) is 9.30. The van der Waals surface area contributed by atoms with Gasteiger partial charge in [0, 0.05) is 0 Å². The van der Waals surface area contributed by atoms with E-state index in [-0.39, 0.29) is 0 Å². The summed E-state index contributed by atoms with van der Waals surface area (Å²) in [4.78, 5) is 25.5. The van der Waals surface area contributed by atoms with Crippen LogP contribution in [0, 0.1) is 0 Å². The van der Waals surface area contributed by atoms with Gasteiger partial charge in [0.25, 0.3) is 0 Å². The van der Waals surface area contributed by atoms with E-state index in [9.17, 15) is 9.59 Å². The fourth-order valence-corrected chi connectivity index (χ4v) is 19.4. The van der Waals surface area contributed by atoms with E-state index in [1.165, 1.54) is 0 Å². The molecule has 3 rings (SSSR count). The summed E-state index contributed by atoms with van der Waals surface area (Å²) < 4.78 is 13.3. The molecule has 28 heavy (non-hydrogen) atoms. The molecule has 0 radical (unpaired) electrons. The maximum absolute atomic E-state index is 12.8. The summed E-state index contributed by atoms with van der Waals surface area (Å²) in [6, 6.07) is 7.89. The van der Waals surface area contributed by atoms with Gasteiger partial charge < -0.3 is 0 Å². The standard InChI is InChI=1S/C9H7.C5H5.2C3H4O2.2CH3.H2Si.Ti/c1-2-5-9-7-3-6-8(9)4-1;1-2-4-5-3-1;2*1-2-3(4)5;;;;/h1-7H;1-3H,4H2;2*2H,1H2,(H,4,5);2*1H3;1H2;/q;;;;;;;+2/p-2. The van der Waals surface area contributed by atoms with E-state index in [1.807, 2.05) is 65.1 Å². The van der Waals surface area contributed by atoms with E-state index in [0.717, 1.165) is 27.2 Å². The summed E-state index contributed by atoms with van der Waals surface area (Å²) in [5, 5.41) is 3.74. The summed E-state index contributed by atoms with van der Waals surface area (Å²) in [5.41, 5.74) is 1.99. The second kappa shape index (κ2) is 5.44. The molecular weight excluding hydrogens is 404 g/mol. The van der Waals surface area contributed by atoms with Crippen molar-refractivity contribution in [2.75, 3.05) is 0 Å². The van der Waals surface area contributed by atoms with Crippen molar-refractivity contribution < 1.29 is 28.5 Å². The van der Waals surface area contributed by atoms with Crippen molar-refractivity contribution in [2.45, 2.75) is 21.1 Å². The van der Waals surface area contributed by atoms with Gasteiger partial charge in [-0.2, -0.15) is 0 Å². The van der Waals surface area contributed by atoms with Gasteiger partial charge in [-0.1, -0.05) is 0 Å². The van der Waals surface area contributed by atoms with Crippen molar-refractivity contribution in [3.05, 3.63) is 88.9 Å². The third kappa shape index (κ3) is 2.61. The molecule has 6 heteroatoms. The SMILES string of the molecule is C=CC(=O)[O][Ti]([CH3])([CH3])(=[SiH2])([O]C(=O)C=C)([C]1=CC=CC1)[CH]1C=Cc2ccccc21. The molecule has 2 aliphatic rings. The number of carbonyl (C=O) groups excluding carboxylic acids is 2. The second-order valence-electron chi connectivity index (χ2n) is 9.48. The molecule has 0 saturated carbocycles. The van der Waals surface area contributed by atoms with Gasteiger partial charge in [0.15, 0.2) is 0 Å². The first kappa shape index (κ1) is 20.5. The van der Waals surface area contributed by atoms with Crippen LogP contribution in [0.15, 0.2) is 77.8 Å². The van der Waals surface area contributed by atoms with Gasteiger partial charge >= 0.3 is 164 Å². The normalized spacial score (nSPS) is 21.3. The van der Waals surface area contributed by atoms with Gasteiger partial charge in [-0.15, -0.1) is 0 Å². The van der Waals surface area contributed by atoms with Crippen molar-refractivity contribution in [1.82, 2.24) is 0 Å². The molecule has 0 aliphatic heterocycles. The van der Waals surface area contributed by atoms with Gasteiger partial charge in [0.05, 0.1) is 0 Å². The van der Waals surface area contributed by atoms with E-state index in [0.29, 0.717) is 6.42 Å². The molecule has 2 aliphatic carbocycles. The Labute approximate surface area is 163 Å². The van der Waals surface area contributed by atoms with E-state index in [1.54, 1.807) is 7.63 Å². The van der Waals surface area contributed by atoms with Crippen molar-refractivity contribution in [1.29, 1.82) is 0 Å². The zero-order chi connectivity index (χ0) is 20.7. The fourth-order valence-electron chi connectivity index (χ4n) is 4.88. The molecule has 0 N–H and O–H groups in total. The summed E-state index contributed by atoms with van der Waals surface area (Å²) in [5.74, 6) is -1.23. The average Bonchev–Trinajstić information content (AvgIpc) is 3.32. The Kier molecular flexibility index (Phi) is 3.99. The number of rotatable bonds is 6. The number of benzene rings is 1. The van der Waals surface area contributed by atoms with Gasteiger partial charge in [-0.05, 0) is 0 Å². The second-order valence-corrected chi connectivity index (χ2v) is 37.3. The van der Waals surface area contributed by atoms with Crippen LogP contribution in [0.4, 0.5) is 0 Å². The van der Waals surface area contributed by atoms with Crippen LogP contribution in [0.2, 0.25) is 10.5 Å². The quantitative estimate of drug-likeness (QED) is 0.499. The molecule has 1 atom stereocenters. The van der Waals surface area contributed by atoms with E-state index in [2.05, 4.69) is 13.2 Å². The summed E-state index contributed by atoms with van der Waals surface area (Å²) in [7, 11) is 1.55. The molecule has 0 aromatic heterocycles. The van der Waals surface area contributed by atoms with Crippen molar-refractivity contribution >= 4 is 25.6 Å². The summed E-state index contributed by atoms with van der Waals surface area (Å²) in [6.45, 7) is 7.16. The van der Waals surface area contributed by atoms with Gasteiger partial charge in [-0.3, -0.25) is 0 Å². The van der Waals surface area contributed by atoms with Crippen LogP contribution in [0.1, 0.15) is 21.8 Å². The Balaban J connectivity index is 2.50. The molecule has 0 heterocycles. The first-order valence-corrected chi connectivity index (χ1v) is 19.4. The van der Waals surface area contributed by atoms with Crippen LogP contribution in [0.3, 0.4) is 0 Å². The molecule has 1 aromatic rings. The Morgan fingerprint density at radius 2 is 1.75 bits per heavy atom. The Morgan fingerprint density at radius 3 is 2.29 bits per heavy atom. The minimum atomic E-state index is -6.13. The maximum atomic E-state index is 12.8. The first-order chi connectivity index (χ1) is 12.9. The molecule has 146 valence electrons. The van der Waals surface area contributed by atoms with Crippen LogP contribution in [-0.4, -0.2) is 19.6 Å². The zero-order valence-electron chi connectivity index (χ0n) is 16.4. The molecular formula is C22H26O4SiTi. The minimum absolute atomic E-state index is 0.425. The topological polar surface area (TPSA) is 52.6 Å². The molecule has 0 fully saturated rings. The van der Waals surface area contributed by atoms with Gasteiger partial charge in [-0.25, -0.2) is 0 Å². The summed E-state index contributed by atoms with van der Waals surface area (Å²) in [6.07, 6.45) is 12.6. The van der Waals surface area contributed by atoms with E-state index < -0.39 is 28.4 Å². The average molecular weight is 430 g/mol. The number of hydrogen-bond acceptors (Lipinski definition) is 4. The van der Waals surface area contributed by atoms with Gasteiger partial charge in [0.1, 0.15) is 0 Å². The summed E-state index contributed by atoms with van der Waals surface area (Å²) >= 11 is -6.13. The van der Waals surface area contributed by atoms with Crippen molar-refractivity contribution in [3.8, 4) is 0 Å². The molecule has 1 unspecified atom stereocenters. The van der Waals surface area contributed by atoms with Crippen molar-refractivity contribution in [2.24, 2.45) is 0 Å². The monoisotopic (exact) mass is 430 g/mol. The Morgan fingerprint density at radius 1 is 1.14 bits per heavy atom. The number of hydrogen-bond donors (Lipinski definition) is 0. The number of allylic oxidation sites excluding steroid dienone is 5. The molecule has 0 amide bonds. The van der Waals surface area contributed by atoms with Crippen molar-refractivity contribution in [3.63, 3.8) is 0 Å². The predicted molar refractivity (Wildman–Crippen MR) is 113 cm³/mol. The number of carbonyl (C=O) groups is 2. The Bertz CT molecular complexity index is 1130. The third-order valence-electron chi connectivity index (χ3n) is 6.53. The van der Waals surface area contributed by atoms with Crippen LogP contribution in [0.5, 0.6) is 0 Å². The third-order valence-corrected chi connectivity index (χ3v) is 24.1.